The van der Waals surface area contributed by atoms with E-state index in [0.29, 0.717) is 0 Å². The molecule has 0 spiro atoms. The van der Waals surface area contributed by atoms with Gasteiger partial charge in [0.1, 0.15) is 0 Å². The summed E-state index contributed by atoms with van der Waals surface area (Å²) in [6, 6.07) is 0. The Morgan fingerprint density at radius 3 is 2.33 bits per heavy atom. The van der Waals surface area contributed by atoms with E-state index in [1.54, 1.807) is 0 Å². The van der Waals surface area contributed by atoms with E-state index >= 15 is 0 Å². The standard InChI is InChI=1S/C6H10O5S/c7-1-4-2-12(10,11)3-5(4)6(8)9/h4-5,7H,1-3H2,(H,8,9). The van der Waals surface area contributed by atoms with E-state index in [4.69, 9.17) is 10.2 Å². The Kier molecular flexibility index (Phi) is 2.39. The summed E-state index contributed by atoms with van der Waals surface area (Å²) in [6.07, 6.45) is 0. The topological polar surface area (TPSA) is 91.7 Å². The van der Waals surface area contributed by atoms with Crippen LogP contribution in [-0.2, 0) is 14.6 Å². The van der Waals surface area contributed by atoms with E-state index in [1.165, 1.54) is 0 Å². The van der Waals surface area contributed by atoms with Crippen LogP contribution in [0.15, 0.2) is 0 Å². The molecule has 0 aromatic carbocycles. The SMILES string of the molecule is O=C(O)C1CS(=O)(=O)CC1CO. The molecule has 6 heteroatoms. The highest BCUT2D eigenvalue weighted by molar-refractivity contribution is 7.91. The average molecular weight is 194 g/mol. The second-order valence-electron chi connectivity index (χ2n) is 2.96. The van der Waals surface area contributed by atoms with Crippen molar-refractivity contribution in [1.82, 2.24) is 0 Å². The molecule has 2 N–H and O–H groups in total. The van der Waals surface area contributed by atoms with Crippen molar-refractivity contribution in [2.24, 2.45) is 11.8 Å². The smallest absolute Gasteiger partial charge is 0.307 e. The Bertz CT molecular complexity index is 280. The minimum atomic E-state index is -3.24. The van der Waals surface area contributed by atoms with E-state index in [1.807, 2.05) is 0 Å². The van der Waals surface area contributed by atoms with Crippen LogP contribution in [0.5, 0.6) is 0 Å². The van der Waals surface area contributed by atoms with E-state index in [9.17, 15) is 13.2 Å². The molecule has 12 heavy (non-hydrogen) atoms. The molecule has 0 saturated carbocycles. The number of carbonyl (C=O) groups is 1. The molecule has 1 aliphatic heterocycles. The molecule has 0 aromatic rings. The van der Waals surface area contributed by atoms with Gasteiger partial charge >= 0.3 is 5.97 Å². The normalized spacial score (nSPS) is 33.4. The summed E-state index contributed by atoms with van der Waals surface area (Å²) in [5, 5.41) is 17.3. The second-order valence-corrected chi connectivity index (χ2v) is 5.12. The Morgan fingerprint density at radius 2 is 2.00 bits per heavy atom. The molecular formula is C6H10O5S. The van der Waals surface area contributed by atoms with Gasteiger partial charge in [-0.1, -0.05) is 0 Å². The first-order valence-corrected chi connectivity index (χ1v) is 5.32. The molecule has 0 amide bonds. The zero-order valence-corrected chi connectivity index (χ0v) is 7.12. The van der Waals surface area contributed by atoms with Crippen molar-refractivity contribution in [3.63, 3.8) is 0 Å². The van der Waals surface area contributed by atoms with Crippen molar-refractivity contribution in [3.05, 3.63) is 0 Å². The van der Waals surface area contributed by atoms with Gasteiger partial charge in [-0.15, -0.1) is 0 Å². The number of sulfone groups is 1. The lowest BCUT2D eigenvalue weighted by molar-refractivity contribution is -0.142. The molecule has 0 aliphatic carbocycles. The highest BCUT2D eigenvalue weighted by atomic mass is 32.2. The molecule has 1 rings (SSSR count). The van der Waals surface area contributed by atoms with Crippen molar-refractivity contribution >= 4 is 15.8 Å². The highest BCUT2D eigenvalue weighted by Gasteiger charge is 2.41. The summed E-state index contributed by atoms with van der Waals surface area (Å²) in [4.78, 5) is 10.5. The molecule has 0 aromatic heterocycles. The lowest BCUT2D eigenvalue weighted by Gasteiger charge is -2.08. The minimum Gasteiger partial charge on any atom is -0.481 e. The highest BCUT2D eigenvalue weighted by Crippen LogP contribution is 2.24. The van der Waals surface area contributed by atoms with Gasteiger partial charge in [-0.25, -0.2) is 8.42 Å². The van der Waals surface area contributed by atoms with Gasteiger partial charge in [-0.05, 0) is 0 Å². The quantitative estimate of drug-likeness (QED) is 0.571. The van der Waals surface area contributed by atoms with Gasteiger partial charge in [0.25, 0.3) is 0 Å². The number of aliphatic hydroxyl groups is 1. The van der Waals surface area contributed by atoms with Crippen LogP contribution < -0.4 is 0 Å². The van der Waals surface area contributed by atoms with E-state index in [2.05, 4.69) is 0 Å². The number of carboxylic acids is 1. The number of carboxylic acid groups (broad SMARTS) is 1. The van der Waals surface area contributed by atoms with Crippen molar-refractivity contribution < 1.29 is 23.4 Å². The summed E-state index contributed by atoms with van der Waals surface area (Å²) in [7, 11) is -3.24. The molecule has 5 nitrogen and oxygen atoms in total. The largest absolute Gasteiger partial charge is 0.481 e. The first-order valence-electron chi connectivity index (χ1n) is 3.50. The van der Waals surface area contributed by atoms with Crippen LogP contribution in [0.25, 0.3) is 0 Å². The monoisotopic (exact) mass is 194 g/mol. The molecule has 2 unspecified atom stereocenters. The van der Waals surface area contributed by atoms with Crippen molar-refractivity contribution in [3.8, 4) is 0 Å². The number of rotatable bonds is 2. The van der Waals surface area contributed by atoms with Crippen LogP contribution in [0.2, 0.25) is 0 Å². The Labute approximate surface area is 69.9 Å². The molecule has 1 aliphatic rings. The van der Waals surface area contributed by atoms with Gasteiger partial charge in [0.05, 0.1) is 17.4 Å². The minimum absolute atomic E-state index is 0.208. The molecule has 2 atom stereocenters. The number of hydrogen-bond donors (Lipinski definition) is 2. The van der Waals surface area contributed by atoms with Crippen LogP contribution in [0.3, 0.4) is 0 Å². The van der Waals surface area contributed by atoms with Crippen LogP contribution in [0, 0.1) is 11.8 Å². The second kappa shape index (κ2) is 3.02. The van der Waals surface area contributed by atoms with E-state index in [0.717, 1.165) is 0 Å². The predicted octanol–water partition coefficient (Wildman–Crippen LogP) is -1.28. The van der Waals surface area contributed by atoms with Gasteiger partial charge in [0.15, 0.2) is 9.84 Å². The van der Waals surface area contributed by atoms with Crippen molar-refractivity contribution in [2.75, 3.05) is 18.1 Å². The van der Waals surface area contributed by atoms with Crippen LogP contribution in [0.1, 0.15) is 0 Å². The fourth-order valence-electron chi connectivity index (χ4n) is 1.37. The molecule has 70 valence electrons. The third-order valence-electron chi connectivity index (χ3n) is 2.02. The molecule has 1 saturated heterocycles. The zero-order chi connectivity index (χ0) is 9.35. The third kappa shape index (κ3) is 1.75. The van der Waals surface area contributed by atoms with E-state index in [-0.39, 0.29) is 18.1 Å². The summed E-state index contributed by atoms with van der Waals surface area (Å²) < 4.78 is 21.9. The Balaban J connectivity index is 2.83. The van der Waals surface area contributed by atoms with Crippen LogP contribution in [-0.4, -0.2) is 42.7 Å². The fraction of sp³-hybridized carbons (Fsp3) is 0.833. The maximum atomic E-state index is 10.9. The van der Waals surface area contributed by atoms with E-state index < -0.39 is 27.6 Å². The maximum absolute atomic E-state index is 10.9. The van der Waals surface area contributed by atoms with Gasteiger partial charge in [-0.3, -0.25) is 4.79 Å². The van der Waals surface area contributed by atoms with Gasteiger partial charge in [0.2, 0.25) is 0 Å². The molecule has 0 bridgehead atoms. The predicted molar refractivity (Wildman–Crippen MR) is 40.4 cm³/mol. The van der Waals surface area contributed by atoms with Gasteiger partial charge in [-0.2, -0.15) is 0 Å². The van der Waals surface area contributed by atoms with Crippen LogP contribution >= 0.6 is 0 Å². The van der Waals surface area contributed by atoms with Crippen LogP contribution in [0.4, 0.5) is 0 Å². The number of aliphatic carboxylic acids is 1. The Morgan fingerprint density at radius 1 is 1.42 bits per heavy atom. The Hall–Kier alpha value is -0.620. The average Bonchev–Trinajstić information content (AvgIpc) is 2.25. The van der Waals surface area contributed by atoms with Gasteiger partial charge in [0, 0.05) is 12.5 Å². The maximum Gasteiger partial charge on any atom is 0.307 e. The summed E-state index contributed by atoms with van der Waals surface area (Å²) in [5.41, 5.74) is 0. The third-order valence-corrected chi connectivity index (χ3v) is 3.83. The first kappa shape index (κ1) is 9.47. The molecule has 0 radical (unpaired) electrons. The van der Waals surface area contributed by atoms with Gasteiger partial charge < -0.3 is 10.2 Å². The zero-order valence-electron chi connectivity index (χ0n) is 6.30. The number of hydrogen-bond acceptors (Lipinski definition) is 4. The molecular weight excluding hydrogens is 184 g/mol. The molecule has 1 heterocycles. The van der Waals surface area contributed by atoms with Crippen molar-refractivity contribution in [2.45, 2.75) is 0 Å². The summed E-state index contributed by atoms with van der Waals surface area (Å²) in [6.45, 7) is -0.379. The lowest BCUT2D eigenvalue weighted by atomic mass is 9.97. The summed E-state index contributed by atoms with van der Waals surface area (Å²) in [5.74, 6) is -3.25. The lowest BCUT2D eigenvalue weighted by Crippen LogP contribution is -2.24. The number of aliphatic hydroxyl groups excluding tert-OH is 1. The fourth-order valence-corrected chi connectivity index (χ4v) is 3.46. The summed E-state index contributed by atoms with van der Waals surface area (Å²) >= 11 is 0. The first-order chi connectivity index (χ1) is 5.46. The molecule has 1 fully saturated rings. The van der Waals surface area contributed by atoms with Crippen molar-refractivity contribution in [1.29, 1.82) is 0 Å².